The Hall–Kier alpha value is -1.42. The first kappa shape index (κ1) is 11.4. The molecular weight excluding hydrogens is 254 g/mol. The fourth-order valence-corrected chi connectivity index (χ4v) is 4.58. The lowest BCUT2D eigenvalue weighted by molar-refractivity contribution is 0.523. The maximum absolute atomic E-state index is 5.52. The summed E-state index contributed by atoms with van der Waals surface area (Å²) in [6.45, 7) is 0. The van der Waals surface area contributed by atoms with Crippen LogP contribution in [-0.4, -0.2) is 10.8 Å². The van der Waals surface area contributed by atoms with Crippen LogP contribution < -0.4 is 11.2 Å². The average molecular weight is 271 g/mol. The third-order valence-corrected chi connectivity index (χ3v) is 5.23. The van der Waals surface area contributed by atoms with Gasteiger partial charge >= 0.3 is 0 Å². The van der Waals surface area contributed by atoms with Crippen LogP contribution in [0.3, 0.4) is 0 Å². The van der Waals surface area contributed by atoms with Crippen molar-refractivity contribution in [2.75, 3.05) is 0 Å². The topological polar surface area (TPSA) is 50.4 Å². The van der Waals surface area contributed by atoms with E-state index in [4.69, 9.17) is 18.0 Å². The van der Waals surface area contributed by atoms with Crippen LogP contribution in [0.4, 0.5) is 0 Å². The zero-order valence-corrected chi connectivity index (χ0v) is 11.4. The van der Waals surface area contributed by atoms with E-state index in [1.54, 1.807) is 0 Å². The van der Waals surface area contributed by atoms with Gasteiger partial charge in [-0.1, -0.05) is 30.3 Å². The minimum absolute atomic E-state index is 0.242. The van der Waals surface area contributed by atoms with Gasteiger partial charge in [-0.25, -0.2) is 0 Å². The first-order valence-electron chi connectivity index (χ1n) is 6.94. The van der Waals surface area contributed by atoms with Gasteiger partial charge < -0.3 is 5.73 Å². The van der Waals surface area contributed by atoms with Crippen LogP contribution in [0.25, 0.3) is 0 Å². The van der Waals surface area contributed by atoms with Crippen LogP contribution >= 0.6 is 12.2 Å². The number of nitrogens with two attached hydrogens (primary N) is 1. The molecule has 4 heteroatoms. The Balaban J connectivity index is 1.69. The van der Waals surface area contributed by atoms with Gasteiger partial charge in [0.25, 0.3) is 0 Å². The van der Waals surface area contributed by atoms with E-state index in [0.717, 1.165) is 29.4 Å². The minimum Gasteiger partial charge on any atom is -0.375 e. The molecule has 4 aliphatic carbocycles. The van der Waals surface area contributed by atoms with Crippen molar-refractivity contribution in [2.24, 2.45) is 40.4 Å². The van der Waals surface area contributed by atoms with Gasteiger partial charge in [0.15, 0.2) is 5.11 Å². The minimum atomic E-state index is 0.242. The molecule has 5 atom stereocenters. The second-order valence-corrected chi connectivity index (χ2v) is 6.44. The fourth-order valence-electron chi connectivity index (χ4n) is 4.54. The highest BCUT2D eigenvalue weighted by Gasteiger charge is 2.69. The quantitative estimate of drug-likeness (QED) is 0.503. The van der Waals surface area contributed by atoms with Crippen molar-refractivity contribution < 1.29 is 0 Å². The molecule has 1 aromatic rings. The van der Waals surface area contributed by atoms with E-state index in [-0.39, 0.29) is 5.11 Å². The molecule has 4 bridgehead atoms. The van der Waals surface area contributed by atoms with Crippen molar-refractivity contribution >= 4 is 23.0 Å². The standard InChI is InChI=1S/C15H17N3S/c16-15(19)18-17-14(8-4-2-1-3-5-8)12-9-6-10-11(7-9)13(10)12/h1-5,9-13H,6-7H2,(H3,16,18,19)/b17-14+/t9?,10-,11+,12-,13?/m1/s1. The van der Waals surface area contributed by atoms with E-state index in [9.17, 15) is 0 Å². The summed E-state index contributed by atoms with van der Waals surface area (Å²) >= 11 is 4.88. The van der Waals surface area contributed by atoms with Gasteiger partial charge in [-0.15, -0.1) is 0 Å². The lowest BCUT2D eigenvalue weighted by Gasteiger charge is -2.18. The van der Waals surface area contributed by atoms with Crippen molar-refractivity contribution in [3.05, 3.63) is 35.9 Å². The third-order valence-electron chi connectivity index (χ3n) is 5.14. The molecule has 0 aliphatic heterocycles. The molecule has 3 N–H and O–H groups in total. The Bertz CT molecular complexity index is 540. The van der Waals surface area contributed by atoms with E-state index in [0.29, 0.717) is 5.92 Å². The molecule has 0 spiro atoms. The van der Waals surface area contributed by atoms with Gasteiger partial charge in [0, 0.05) is 5.92 Å². The van der Waals surface area contributed by atoms with E-state index >= 15 is 0 Å². The Labute approximate surface area is 118 Å². The highest BCUT2D eigenvalue weighted by molar-refractivity contribution is 7.80. The second-order valence-electron chi connectivity index (χ2n) is 6.00. The number of hydrazone groups is 1. The molecule has 5 rings (SSSR count). The lowest BCUT2D eigenvalue weighted by Crippen LogP contribution is -2.29. The van der Waals surface area contributed by atoms with Crippen molar-refractivity contribution in [3.8, 4) is 0 Å². The van der Waals surface area contributed by atoms with Crippen LogP contribution in [0.1, 0.15) is 18.4 Å². The Kier molecular flexibility index (Phi) is 2.42. The zero-order valence-electron chi connectivity index (χ0n) is 10.6. The second kappa shape index (κ2) is 4.04. The molecule has 0 amide bonds. The maximum Gasteiger partial charge on any atom is 0.184 e. The largest absolute Gasteiger partial charge is 0.375 e. The number of rotatable bonds is 3. The number of hydrogen-bond acceptors (Lipinski definition) is 2. The molecule has 0 saturated heterocycles. The monoisotopic (exact) mass is 271 g/mol. The number of benzene rings is 1. The Morgan fingerprint density at radius 1 is 1.21 bits per heavy atom. The SMILES string of the molecule is NC(=S)N/N=C(\c1ccccc1)[C@@H]1C2C[C@@H]3C1[C@@H]3C2. The molecule has 98 valence electrons. The number of hydrogen-bond donors (Lipinski definition) is 2. The number of nitrogens with one attached hydrogen (secondary N) is 1. The first-order valence-corrected chi connectivity index (χ1v) is 7.35. The summed E-state index contributed by atoms with van der Waals surface area (Å²) in [4.78, 5) is 0. The third kappa shape index (κ3) is 1.70. The molecule has 1 aromatic carbocycles. The predicted octanol–water partition coefficient (Wildman–Crippen LogP) is 2.13. The number of thiocarbonyl (C=S) groups is 1. The lowest BCUT2D eigenvalue weighted by atomic mass is 9.89. The van der Waals surface area contributed by atoms with Gasteiger partial charge in [-0.2, -0.15) is 5.10 Å². The Morgan fingerprint density at radius 3 is 2.42 bits per heavy atom. The predicted molar refractivity (Wildman–Crippen MR) is 79.6 cm³/mol. The van der Waals surface area contributed by atoms with Crippen molar-refractivity contribution in [1.82, 2.24) is 5.43 Å². The molecule has 2 unspecified atom stereocenters. The molecule has 3 nitrogen and oxygen atoms in total. The summed E-state index contributed by atoms with van der Waals surface area (Å²) < 4.78 is 0. The fraction of sp³-hybridized carbons (Fsp3) is 0.467. The zero-order chi connectivity index (χ0) is 13.0. The van der Waals surface area contributed by atoms with Crippen LogP contribution in [-0.2, 0) is 0 Å². The maximum atomic E-state index is 5.52. The van der Waals surface area contributed by atoms with E-state index in [2.05, 4.69) is 34.8 Å². The smallest absolute Gasteiger partial charge is 0.184 e. The molecule has 0 radical (unpaired) electrons. The summed E-state index contributed by atoms with van der Waals surface area (Å²) in [5.74, 6) is 4.27. The Morgan fingerprint density at radius 2 is 1.89 bits per heavy atom. The van der Waals surface area contributed by atoms with E-state index in [1.165, 1.54) is 18.4 Å². The highest BCUT2D eigenvalue weighted by Crippen LogP contribution is 2.73. The summed E-state index contributed by atoms with van der Waals surface area (Å²) in [6.07, 6.45) is 2.80. The van der Waals surface area contributed by atoms with Gasteiger partial charge in [-0.3, -0.25) is 5.43 Å². The summed E-state index contributed by atoms with van der Waals surface area (Å²) in [6, 6.07) is 10.4. The molecule has 4 aliphatic rings. The average Bonchev–Trinajstić information content (AvgIpc) is 2.80. The molecule has 0 heterocycles. The summed E-state index contributed by atoms with van der Waals surface area (Å²) in [5, 5.41) is 4.77. The molecular formula is C15H17N3S. The first-order chi connectivity index (χ1) is 9.25. The normalized spacial score (nSPS) is 38.3. The molecule has 4 fully saturated rings. The van der Waals surface area contributed by atoms with Crippen molar-refractivity contribution in [2.45, 2.75) is 12.8 Å². The van der Waals surface area contributed by atoms with Gasteiger partial charge in [-0.05, 0) is 54.3 Å². The van der Waals surface area contributed by atoms with Crippen LogP contribution in [0.15, 0.2) is 35.4 Å². The molecule has 19 heavy (non-hydrogen) atoms. The van der Waals surface area contributed by atoms with Gasteiger partial charge in [0.05, 0.1) is 5.71 Å². The van der Waals surface area contributed by atoms with Crippen LogP contribution in [0.2, 0.25) is 0 Å². The van der Waals surface area contributed by atoms with Crippen molar-refractivity contribution in [1.29, 1.82) is 0 Å². The van der Waals surface area contributed by atoms with Gasteiger partial charge in [0.2, 0.25) is 0 Å². The van der Waals surface area contributed by atoms with Crippen LogP contribution in [0.5, 0.6) is 0 Å². The molecule has 4 saturated carbocycles. The highest BCUT2D eigenvalue weighted by atomic mass is 32.1. The summed E-state index contributed by atoms with van der Waals surface area (Å²) in [7, 11) is 0. The van der Waals surface area contributed by atoms with E-state index in [1.807, 2.05) is 6.07 Å². The van der Waals surface area contributed by atoms with E-state index < -0.39 is 0 Å². The molecule has 0 aromatic heterocycles. The van der Waals surface area contributed by atoms with Crippen molar-refractivity contribution in [3.63, 3.8) is 0 Å². The summed E-state index contributed by atoms with van der Waals surface area (Å²) in [5.41, 5.74) is 10.7. The number of nitrogens with zero attached hydrogens (tertiary/aromatic N) is 1. The van der Waals surface area contributed by atoms with Gasteiger partial charge in [0.1, 0.15) is 0 Å². The van der Waals surface area contributed by atoms with Crippen LogP contribution in [0, 0.1) is 29.6 Å².